The van der Waals surface area contributed by atoms with E-state index in [1.165, 1.54) is 25.1 Å². The topological polar surface area (TPSA) is 114 Å². The van der Waals surface area contributed by atoms with E-state index in [-0.39, 0.29) is 17.1 Å². The Morgan fingerprint density at radius 1 is 0.969 bits per heavy atom. The van der Waals surface area contributed by atoms with E-state index in [1.54, 1.807) is 0 Å². The summed E-state index contributed by atoms with van der Waals surface area (Å²) in [6.07, 6.45) is -1.06. The summed E-state index contributed by atoms with van der Waals surface area (Å²) < 4.78 is 5.05. The fraction of sp³-hybridized carbons (Fsp3) is 0.273. The van der Waals surface area contributed by atoms with Crippen molar-refractivity contribution in [2.45, 2.75) is 26.9 Å². The summed E-state index contributed by atoms with van der Waals surface area (Å²) >= 11 is 11.7. The Balaban J connectivity index is 1.76. The van der Waals surface area contributed by atoms with Crippen LogP contribution in [0.5, 0.6) is 0 Å². The van der Waals surface area contributed by atoms with E-state index in [0.29, 0.717) is 10.7 Å². The molecule has 8 nitrogen and oxygen atoms in total. The number of aryl methyl sites for hydroxylation is 2. The van der Waals surface area contributed by atoms with Gasteiger partial charge in [-0.05, 0) is 50.1 Å². The molecule has 0 aliphatic heterocycles. The Kier molecular flexibility index (Phi) is 9.04. The smallest absolute Gasteiger partial charge is 0.326 e. The Morgan fingerprint density at radius 3 is 2.25 bits per heavy atom. The van der Waals surface area contributed by atoms with Crippen LogP contribution in [0.4, 0.5) is 5.69 Å². The number of benzene rings is 2. The minimum absolute atomic E-state index is 0.146. The first kappa shape index (κ1) is 25.2. The Morgan fingerprint density at radius 2 is 1.62 bits per heavy atom. The van der Waals surface area contributed by atoms with Crippen LogP contribution in [0.25, 0.3) is 0 Å². The molecular formula is C22H23Cl2N3O5. The van der Waals surface area contributed by atoms with Crippen molar-refractivity contribution in [3.05, 3.63) is 63.1 Å². The van der Waals surface area contributed by atoms with Gasteiger partial charge in [-0.1, -0.05) is 41.4 Å². The highest BCUT2D eigenvalue weighted by Gasteiger charge is 2.20. The maximum atomic E-state index is 12.3. The number of para-hydroxylation sites is 1. The Hall–Kier alpha value is -3.10. The number of carbonyl (C=O) groups excluding carboxylic acids is 4. The fourth-order valence-electron chi connectivity index (χ4n) is 2.69. The number of ether oxygens (including phenoxy) is 1. The second-order valence-corrected chi connectivity index (χ2v) is 7.82. The van der Waals surface area contributed by atoms with Gasteiger partial charge in [-0.2, -0.15) is 0 Å². The molecule has 0 aliphatic carbocycles. The summed E-state index contributed by atoms with van der Waals surface area (Å²) in [6, 6.07) is 9.92. The van der Waals surface area contributed by atoms with Gasteiger partial charge in [0.1, 0.15) is 6.54 Å². The molecule has 0 saturated heterocycles. The maximum Gasteiger partial charge on any atom is 0.326 e. The van der Waals surface area contributed by atoms with E-state index in [2.05, 4.69) is 16.0 Å². The van der Waals surface area contributed by atoms with Gasteiger partial charge in [0.15, 0.2) is 6.10 Å². The summed E-state index contributed by atoms with van der Waals surface area (Å²) in [5.41, 5.74) is 2.58. The largest absolute Gasteiger partial charge is 0.451 e. The zero-order valence-corrected chi connectivity index (χ0v) is 19.3. The van der Waals surface area contributed by atoms with E-state index in [0.717, 1.165) is 11.1 Å². The van der Waals surface area contributed by atoms with Gasteiger partial charge in [0.2, 0.25) is 5.91 Å². The van der Waals surface area contributed by atoms with Crippen LogP contribution in [0.3, 0.4) is 0 Å². The third-order valence-corrected chi connectivity index (χ3v) is 4.97. The van der Waals surface area contributed by atoms with E-state index in [4.69, 9.17) is 27.9 Å². The minimum Gasteiger partial charge on any atom is -0.451 e. The molecule has 10 heteroatoms. The molecule has 32 heavy (non-hydrogen) atoms. The number of carbonyl (C=O) groups is 4. The van der Waals surface area contributed by atoms with Crippen LogP contribution < -0.4 is 16.0 Å². The molecule has 0 fully saturated rings. The molecule has 2 aromatic carbocycles. The third-order valence-electron chi connectivity index (χ3n) is 4.42. The summed E-state index contributed by atoms with van der Waals surface area (Å²) in [4.78, 5) is 48.2. The average Bonchev–Trinajstić information content (AvgIpc) is 2.73. The van der Waals surface area contributed by atoms with Gasteiger partial charge < -0.3 is 20.7 Å². The number of anilines is 1. The zero-order chi connectivity index (χ0) is 23.8. The average molecular weight is 480 g/mol. The molecule has 2 rings (SSSR count). The van der Waals surface area contributed by atoms with Crippen molar-refractivity contribution in [3.8, 4) is 0 Å². The number of esters is 1. The summed E-state index contributed by atoms with van der Waals surface area (Å²) in [7, 11) is 0. The number of halogens is 2. The monoisotopic (exact) mass is 479 g/mol. The second kappa shape index (κ2) is 11.5. The van der Waals surface area contributed by atoms with E-state index >= 15 is 0 Å². The van der Waals surface area contributed by atoms with Crippen LogP contribution in [-0.2, 0) is 19.1 Å². The highest BCUT2D eigenvalue weighted by Crippen LogP contribution is 2.21. The molecule has 2 aromatic rings. The molecule has 170 valence electrons. The zero-order valence-electron chi connectivity index (χ0n) is 17.8. The molecule has 1 unspecified atom stereocenters. The van der Waals surface area contributed by atoms with Gasteiger partial charge in [-0.15, -0.1) is 0 Å². The Bertz CT molecular complexity index is 1020. The number of rotatable bonds is 8. The standard InChI is InChI=1S/C22H23Cl2N3O5/c1-12-5-4-6-13(2)20(12)27-21(30)14(3)32-19(29)11-25-18(28)10-26-22(31)16-8-7-15(23)9-17(16)24/h4-9,14H,10-11H2,1-3H3,(H,25,28)(H,26,31)(H,27,30). The van der Waals surface area contributed by atoms with Gasteiger partial charge in [-0.25, -0.2) is 0 Å². The molecule has 1 atom stereocenters. The molecule has 0 heterocycles. The van der Waals surface area contributed by atoms with Gasteiger partial charge in [-0.3, -0.25) is 19.2 Å². The molecule has 0 aliphatic rings. The highest BCUT2D eigenvalue weighted by atomic mass is 35.5. The predicted molar refractivity (Wildman–Crippen MR) is 122 cm³/mol. The van der Waals surface area contributed by atoms with Crippen molar-refractivity contribution in [1.29, 1.82) is 0 Å². The normalized spacial score (nSPS) is 11.3. The predicted octanol–water partition coefficient (Wildman–Crippen LogP) is 3.03. The third kappa shape index (κ3) is 7.25. The number of amides is 3. The lowest BCUT2D eigenvalue weighted by Gasteiger charge is -2.16. The maximum absolute atomic E-state index is 12.3. The van der Waals surface area contributed by atoms with Gasteiger partial charge in [0.05, 0.1) is 17.1 Å². The molecule has 0 saturated carbocycles. The Labute approximate surface area is 195 Å². The lowest BCUT2D eigenvalue weighted by atomic mass is 10.1. The number of hydrogen-bond donors (Lipinski definition) is 3. The van der Waals surface area contributed by atoms with Crippen molar-refractivity contribution in [2.75, 3.05) is 18.4 Å². The van der Waals surface area contributed by atoms with Crippen molar-refractivity contribution >= 4 is 52.6 Å². The van der Waals surface area contributed by atoms with Crippen LogP contribution >= 0.6 is 23.2 Å². The van der Waals surface area contributed by atoms with Crippen LogP contribution in [0.15, 0.2) is 36.4 Å². The molecule has 3 amide bonds. The van der Waals surface area contributed by atoms with Crippen LogP contribution in [0, 0.1) is 13.8 Å². The van der Waals surface area contributed by atoms with Gasteiger partial charge >= 0.3 is 5.97 Å². The first-order valence-corrected chi connectivity index (χ1v) is 10.4. The molecule has 0 bridgehead atoms. The molecule has 0 spiro atoms. The summed E-state index contributed by atoms with van der Waals surface area (Å²) in [6.45, 7) is 4.30. The van der Waals surface area contributed by atoms with Crippen LogP contribution in [0.2, 0.25) is 10.0 Å². The number of nitrogens with one attached hydrogen (secondary N) is 3. The SMILES string of the molecule is Cc1cccc(C)c1NC(=O)C(C)OC(=O)CNC(=O)CNC(=O)c1ccc(Cl)cc1Cl. The van der Waals surface area contributed by atoms with E-state index in [1.807, 2.05) is 32.0 Å². The molecule has 3 N–H and O–H groups in total. The first-order chi connectivity index (χ1) is 15.1. The number of hydrogen-bond acceptors (Lipinski definition) is 5. The molecular weight excluding hydrogens is 457 g/mol. The van der Waals surface area contributed by atoms with Crippen LogP contribution in [-0.4, -0.2) is 42.9 Å². The quantitative estimate of drug-likeness (QED) is 0.503. The summed E-state index contributed by atoms with van der Waals surface area (Å²) in [5.74, 6) is -2.47. The van der Waals surface area contributed by atoms with Gasteiger partial charge in [0.25, 0.3) is 11.8 Å². The molecule has 0 aromatic heterocycles. The van der Waals surface area contributed by atoms with Crippen molar-refractivity contribution in [3.63, 3.8) is 0 Å². The second-order valence-electron chi connectivity index (χ2n) is 6.97. The van der Waals surface area contributed by atoms with Crippen molar-refractivity contribution in [1.82, 2.24) is 10.6 Å². The van der Waals surface area contributed by atoms with Crippen molar-refractivity contribution in [2.24, 2.45) is 0 Å². The lowest BCUT2D eigenvalue weighted by molar-refractivity contribution is -0.152. The lowest BCUT2D eigenvalue weighted by Crippen LogP contribution is -2.40. The first-order valence-electron chi connectivity index (χ1n) is 9.65. The fourth-order valence-corrected chi connectivity index (χ4v) is 3.19. The highest BCUT2D eigenvalue weighted by molar-refractivity contribution is 6.36. The molecule has 0 radical (unpaired) electrons. The van der Waals surface area contributed by atoms with E-state index in [9.17, 15) is 19.2 Å². The van der Waals surface area contributed by atoms with Crippen LogP contribution in [0.1, 0.15) is 28.4 Å². The van der Waals surface area contributed by atoms with Crippen molar-refractivity contribution < 1.29 is 23.9 Å². The minimum atomic E-state index is -1.06. The van der Waals surface area contributed by atoms with Gasteiger partial charge in [0, 0.05) is 10.7 Å². The summed E-state index contributed by atoms with van der Waals surface area (Å²) in [5, 5.41) is 7.95. The van der Waals surface area contributed by atoms with E-state index < -0.39 is 36.3 Å².